The van der Waals surface area contributed by atoms with Gasteiger partial charge in [-0.15, -0.1) is 0 Å². The van der Waals surface area contributed by atoms with Crippen molar-refractivity contribution in [2.45, 2.75) is 109 Å². The Balaban J connectivity index is 4.28. The first kappa shape index (κ1) is 44.9. The minimum absolute atomic E-state index is 0.178. The molecule has 0 bridgehead atoms. The van der Waals surface area contributed by atoms with Gasteiger partial charge < -0.3 is 34.5 Å². The Labute approximate surface area is 288 Å². The molecule has 0 atom stereocenters. The quantitative estimate of drug-likeness (QED) is 0.0344. The maximum atomic E-state index is 12.9. The van der Waals surface area contributed by atoms with Crippen LogP contribution in [0.25, 0.3) is 0 Å². The highest BCUT2D eigenvalue weighted by molar-refractivity contribution is 6.60. The fourth-order valence-electron chi connectivity index (χ4n) is 4.90. The van der Waals surface area contributed by atoms with E-state index in [1.165, 1.54) is 17.1 Å². The second-order valence-electron chi connectivity index (χ2n) is 11.4. The maximum absolute atomic E-state index is 12.9. The van der Waals surface area contributed by atoms with Crippen molar-refractivity contribution in [1.29, 1.82) is 0 Å². The van der Waals surface area contributed by atoms with Crippen molar-refractivity contribution in [2.24, 2.45) is 9.98 Å². The SMILES string of the molecule is CO[Si](CCCCCCNC(=O)NCCCCCCN(C(=O)NCCCCCCN=C=O)C(=O)NCCCCCCN=C=O)(OC)OC. The molecule has 0 aromatic heterocycles. The zero-order chi connectivity index (χ0) is 35.6. The van der Waals surface area contributed by atoms with Crippen LogP contribution in [0.1, 0.15) is 103 Å². The van der Waals surface area contributed by atoms with Crippen molar-refractivity contribution in [3.8, 4) is 0 Å². The average molecular weight is 700 g/mol. The molecule has 0 unspecified atom stereocenters. The van der Waals surface area contributed by atoms with E-state index in [2.05, 4.69) is 31.3 Å². The topological polar surface area (TPSA) is 189 Å². The number of nitrogens with zero attached hydrogens (tertiary/aromatic N) is 3. The van der Waals surface area contributed by atoms with E-state index in [1.807, 2.05) is 0 Å². The van der Waals surface area contributed by atoms with Gasteiger partial charge in [0.2, 0.25) is 12.2 Å². The maximum Gasteiger partial charge on any atom is 0.500 e. The number of carbonyl (C=O) groups excluding carboxylic acids is 5. The summed E-state index contributed by atoms with van der Waals surface area (Å²) in [5, 5.41) is 11.5. The fraction of sp³-hybridized carbons (Fsp3) is 0.844. The van der Waals surface area contributed by atoms with E-state index in [0.717, 1.165) is 102 Å². The van der Waals surface area contributed by atoms with Crippen LogP contribution in [0.2, 0.25) is 6.04 Å². The van der Waals surface area contributed by atoms with E-state index in [9.17, 15) is 24.0 Å². The molecule has 0 spiro atoms. The predicted octanol–water partition coefficient (Wildman–Crippen LogP) is 4.80. The Hall–Kier alpha value is -3.13. The summed E-state index contributed by atoms with van der Waals surface area (Å²) in [6, 6.07) is -0.243. The summed E-state index contributed by atoms with van der Waals surface area (Å²) in [4.78, 5) is 66.4. The van der Waals surface area contributed by atoms with Gasteiger partial charge in [0.25, 0.3) is 0 Å². The van der Waals surface area contributed by atoms with Crippen molar-refractivity contribution in [2.75, 3.05) is 67.1 Å². The first-order valence-electron chi connectivity index (χ1n) is 17.5. The molecule has 276 valence electrons. The molecule has 4 N–H and O–H groups in total. The lowest BCUT2D eigenvalue weighted by atomic mass is 10.2. The highest BCUT2D eigenvalue weighted by Crippen LogP contribution is 2.17. The third kappa shape index (κ3) is 25.0. The first-order chi connectivity index (χ1) is 23.4. The van der Waals surface area contributed by atoms with E-state index in [-0.39, 0.29) is 6.03 Å². The van der Waals surface area contributed by atoms with Crippen LogP contribution in [0.15, 0.2) is 9.98 Å². The van der Waals surface area contributed by atoms with E-state index in [4.69, 9.17) is 13.3 Å². The molecule has 0 aromatic carbocycles. The molecule has 48 heavy (non-hydrogen) atoms. The van der Waals surface area contributed by atoms with Crippen molar-refractivity contribution in [3.63, 3.8) is 0 Å². The molecule has 6 amide bonds. The Bertz CT molecular complexity index is 893. The number of amides is 6. The molecule has 0 aromatic rings. The molecule has 0 heterocycles. The molecule has 0 fully saturated rings. The molecule has 16 heteroatoms. The Morgan fingerprint density at radius 1 is 0.542 bits per heavy atom. The monoisotopic (exact) mass is 699 g/mol. The number of urea groups is 3. The van der Waals surface area contributed by atoms with Crippen LogP contribution in [0.4, 0.5) is 14.4 Å². The van der Waals surface area contributed by atoms with E-state index < -0.39 is 20.9 Å². The van der Waals surface area contributed by atoms with Crippen LogP contribution < -0.4 is 21.3 Å². The highest BCUT2D eigenvalue weighted by Gasteiger charge is 2.36. The zero-order valence-corrected chi connectivity index (χ0v) is 30.6. The number of hydrogen-bond donors (Lipinski definition) is 4. The summed E-state index contributed by atoms with van der Waals surface area (Å²) < 4.78 is 16.3. The minimum atomic E-state index is -2.51. The zero-order valence-electron chi connectivity index (χ0n) is 29.6. The summed E-state index contributed by atoms with van der Waals surface area (Å²) in [5.41, 5.74) is 0. The number of rotatable bonds is 31. The smallest absolute Gasteiger partial charge is 0.377 e. The van der Waals surface area contributed by atoms with Gasteiger partial charge in [0.1, 0.15) is 0 Å². The number of hydrogen-bond acceptors (Lipinski definition) is 10. The van der Waals surface area contributed by atoms with Crippen molar-refractivity contribution in [3.05, 3.63) is 0 Å². The van der Waals surface area contributed by atoms with Gasteiger partial charge in [0, 0.05) is 60.1 Å². The number of aliphatic imine (C=N–C) groups is 2. The third-order valence-corrected chi connectivity index (χ3v) is 10.6. The van der Waals surface area contributed by atoms with E-state index in [1.54, 1.807) is 21.3 Å². The summed E-state index contributed by atoms with van der Waals surface area (Å²) in [7, 11) is 2.34. The minimum Gasteiger partial charge on any atom is -0.377 e. The van der Waals surface area contributed by atoms with Crippen LogP contribution in [-0.4, -0.2) is 111 Å². The summed E-state index contributed by atoms with van der Waals surface area (Å²) >= 11 is 0. The van der Waals surface area contributed by atoms with E-state index >= 15 is 0 Å². The van der Waals surface area contributed by atoms with Crippen LogP contribution in [0.3, 0.4) is 0 Å². The van der Waals surface area contributed by atoms with E-state index in [0.29, 0.717) is 52.2 Å². The molecule has 0 saturated carbocycles. The van der Waals surface area contributed by atoms with Gasteiger partial charge in [-0.1, -0.05) is 51.4 Å². The summed E-state index contributed by atoms with van der Waals surface area (Å²) in [5.74, 6) is 0. The Morgan fingerprint density at radius 2 is 0.917 bits per heavy atom. The number of imide groups is 1. The van der Waals surface area contributed by atoms with Crippen molar-refractivity contribution >= 4 is 39.1 Å². The lowest BCUT2D eigenvalue weighted by Crippen LogP contribution is -2.49. The second kappa shape index (κ2) is 32.4. The predicted molar refractivity (Wildman–Crippen MR) is 186 cm³/mol. The lowest BCUT2D eigenvalue weighted by Gasteiger charge is -2.24. The summed E-state index contributed by atoms with van der Waals surface area (Å²) in [6.45, 7) is 3.29. The lowest BCUT2D eigenvalue weighted by molar-refractivity contribution is 0.122. The molecular formula is C32H61N7O8Si. The number of nitrogens with one attached hydrogen (secondary N) is 4. The van der Waals surface area contributed by atoms with Crippen molar-refractivity contribution in [1.82, 2.24) is 26.2 Å². The molecule has 0 saturated heterocycles. The van der Waals surface area contributed by atoms with Crippen LogP contribution in [-0.2, 0) is 22.9 Å². The van der Waals surface area contributed by atoms with Crippen LogP contribution in [0, 0.1) is 0 Å². The highest BCUT2D eigenvalue weighted by atomic mass is 28.4. The standard InChI is InChI=1S/C32H61N7O8Si/c1-45-48(46-2,47-3)27-19-11-9-15-23-36-30(42)35-22-14-8-10-18-26-39(31(43)37-24-16-6-4-12-20-33-28-40)32(44)38-25-17-7-5-13-21-34-29-41/h4-27H2,1-3H3,(H,37,43)(H,38,44)(H2,35,36,42). The number of unbranched alkanes of at least 4 members (excludes halogenated alkanes) is 12. The number of carbonyl (C=O) groups is 3. The molecule has 0 aliphatic heterocycles. The number of isocyanates is 2. The van der Waals surface area contributed by atoms with Crippen LogP contribution in [0.5, 0.6) is 0 Å². The fourth-order valence-corrected chi connectivity index (χ4v) is 6.69. The molecule has 0 rings (SSSR count). The first-order valence-corrected chi connectivity index (χ1v) is 19.4. The van der Waals surface area contributed by atoms with Gasteiger partial charge in [0.15, 0.2) is 0 Å². The molecule has 0 aliphatic rings. The van der Waals surface area contributed by atoms with Gasteiger partial charge in [-0.3, -0.25) is 0 Å². The van der Waals surface area contributed by atoms with Gasteiger partial charge in [-0.2, -0.15) is 0 Å². The Kier molecular flexibility index (Phi) is 30.3. The molecule has 0 radical (unpaired) electrons. The van der Waals surface area contributed by atoms with Gasteiger partial charge in [-0.25, -0.2) is 38.9 Å². The average Bonchev–Trinajstić information content (AvgIpc) is 3.09. The largest absolute Gasteiger partial charge is 0.500 e. The van der Waals surface area contributed by atoms with Gasteiger partial charge in [0.05, 0.1) is 13.1 Å². The summed E-state index contributed by atoms with van der Waals surface area (Å²) in [6.07, 6.45) is 16.7. The molecular weight excluding hydrogens is 638 g/mol. The van der Waals surface area contributed by atoms with Crippen LogP contribution >= 0.6 is 0 Å². The Morgan fingerprint density at radius 3 is 1.33 bits per heavy atom. The second-order valence-corrected chi connectivity index (χ2v) is 14.5. The van der Waals surface area contributed by atoms with Crippen molar-refractivity contribution < 1.29 is 37.3 Å². The van der Waals surface area contributed by atoms with Gasteiger partial charge >= 0.3 is 26.9 Å². The van der Waals surface area contributed by atoms with Gasteiger partial charge in [-0.05, 0) is 51.4 Å². The third-order valence-electron chi connectivity index (χ3n) is 7.79. The molecule has 0 aliphatic carbocycles. The normalized spacial score (nSPS) is 10.8. The molecule has 15 nitrogen and oxygen atoms in total.